The van der Waals surface area contributed by atoms with Crippen LogP contribution in [-0.2, 0) is 9.53 Å². The Kier molecular flexibility index (Phi) is 5.15. The number of amides is 1. The van der Waals surface area contributed by atoms with E-state index >= 15 is 0 Å². The Hall–Kier alpha value is -2.05. The number of amidine groups is 1. The number of rotatable bonds is 4. The first-order chi connectivity index (χ1) is 11.3. The second-order valence-electron chi connectivity index (χ2n) is 5.08. The summed E-state index contributed by atoms with van der Waals surface area (Å²) in [6, 6.07) is 7.60. The van der Waals surface area contributed by atoms with Crippen molar-refractivity contribution >= 4 is 28.9 Å². The van der Waals surface area contributed by atoms with Crippen LogP contribution in [0.4, 0.5) is 0 Å². The molecule has 23 heavy (non-hydrogen) atoms. The number of carbonyl (C=O) groups is 1. The number of aliphatic imine (C=N–C) groups is 1. The highest BCUT2D eigenvalue weighted by Crippen LogP contribution is 2.30. The molecular formula is C17H18N2O3S. The van der Waals surface area contributed by atoms with Crippen molar-refractivity contribution in [1.82, 2.24) is 4.90 Å². The summed E-state index contributed by atoms with van der Waals surface area (Å²) < 4.78 is 10.8. The first-order valence-electron chi connectivity index (χ1n) is 7.45. The molecule has 3 rings (SSSR count). The average molecular weight is 330 g/mol. The topological polar surface area (TPSA) is 51.1 Å². The molecule has 6 heteroatoms. The minimum absolute atomic E-state index is 0.177. The third-order valence-electron chi connectivity index (χ3n) is 3.44. The van der Waals surface area contributed by atoms with Gasteiger partial charge in [-0.2, -0.15) is 4.99 Å². The Labute approximate surface area is 139 Å². The van der Waals surface area contributed by atoms with Crippen LogP contribution in [-0.4, -0.2) is 48.9 Å². The number of nitrogens with zero attached hydrogens (tertiary/aromatic N) is 2. The lowest BCUT2D eigenvalue weighted by Crippen LogP contribution is -2.38. The van der Waals surface area contributed by atoms with Crippen molar-refractivity contribution in [3.8, 4) is 5.75 Å². The molecule has 0 radical (unpaired) electrons. The van der Waals surface area contributed by atoms with Gasteiger partial charge in [0, 0.05) is 13.1 Å². The van der Waals surface area contributed by atoms with E-state index in [1.807, 2.05) is 30.3 Å². The summed E-state index contributed by atoms with van der Waals surface area (Å²) in [5, 5.41) is 0.774. The molecule has 0 aliphatic carbocycles. The molecule has 0 saturated carbocycles. The van der Waals surface area contributed by atoms with E-state index in [-0.39, 0.29) is 5.91 Å². The summed E-state index contributed by atoms with van der Waals surface area (Å²) in [6.45, 7) is 7.01. The van der Waals surface area contributed by atoms with Crippen LogP contribution in [0.1, 0.15) is 5.56 Å². The highest BCUT2D eigenvalue weighted by atomic mass is 32.2. The zero-order chi connectivity index (χ0) is 16.1. The first-order valence-corrected chi connectivity index (χ1v) is 8.27. The SMILES string of the molecule is C=CCOc1ccc(/C=C2/SC(N3CCOCC3)=NC2=O)cc1. The summed E-state index contributed by atoms with van der Waals surface area (Å²) in [5.74, 6) is 0.603. The lowest BCUT2D eigenvalue weighted by atomic mass is 10.2. The highest BCUT2D eigenvalue weighted by molar-refractivity contribution is 8.18. The van der Waals surface area contributed by atoms with E-state index in [2.05, 4.69) is 16.5 Å². The minimum atomic E-state index is -0.177. The third-order valence-corrected chi connectivity index (χ3v) is 4.48. The van der Waals surface area contributed by atoms with Gasteiger partial charge in [0.05, 0.1) is 18.1 Å². The minimum Gasteiger partial charge on any atom is -0.490 e. The second-order valence-corrected chi connectivity index (χ2v) is 6.09. The van der Waals surface area contributed by atoms with Gasteiger partial charge in [0.15, 0.2) is 5.17 Å². The van der Waals surface area contributed by atoms with Gasteiger partial charge in [-0.05, 0) is 35.5 Å². The van der Waals surface area contributed by atoms with Gasteiger partial charge >= 0.3 is 0 Å². The van der Waals surface area contributed by atoms with Crippen LogP contribution in [0.25, 0.3) is 6.08 Å². The molecule has 0 spiro atoms. The van der Waals surface area contributed by atoms with Gasteiger partial charge in [0.2, 0.25) is 0 Å². The van der Waals surface area contributed by atoms with Crippen molar-refractivity contribution in [2.45, 2.75) is 0 Å². The summed E-state index contributed by atoms with van der Waals surface area (Å²) in [7, 11) is 0. The number of morpholine rings is 1. The van der Waals surface area contributed by atoms with Crippen LogP contribution < -0.4 is 4.74 Å². The van der Waals surface area contributed by atoms with Crippen LogP contribution in [0, 0.1) is 0 Å². The van der Waals surface area contributed by atoms with E-state index in [9.17, 15) is 4.79 Å². The lowest BCUT2D eigenvalue weighted by Gasteiger charge is -2.27. The van der Waals surface area contributed by atoms with Crippen molar-refractivity contribution in [2.75, 3.05) is 32.9 Å². The summed E-state index contributed by atoms with van der Waals surface area (Å²) in [4.78, 5) is 19.0. The monoisotopic (exact) mass is 330 g/mol. The molecule has 1 fully saturated rings. The van der Waals surface area contributed by atoms with Crippen molar-refractivity contribution < 1.29 is 14.3 Å². The molecule has 120 valence electrons. The van der Waals surface area contributed by atoms with Crippen molar-refractivity contribution in [1.29, 1.82) is 0 Å². The zero-order valence-corrected chi connectivity index (χ0v) is 13.6. The summed E-state index contributed by atoms with van der Waals surface area (Å²) in [6.07, 6.45) is 3.56. The van der Waals surface area contributed by atoms with Crippen LogP contribution in [0.5, 0.6) is 5.75 Å². The second kappa shape index (κ2) is 7.48. The number of thioether (sulfide) groups is 1. The number of hydrogen-bond acceptors (Lipinski definition) is 5. The van der Waals surface area contributed by atoms with Gasteiger partial charge in [0.1, 0.15) is 12.4 Å². The molecule has 1 saturated heterocycles. The van der Waals surface area contributed by atoms with Gasteiger partial charge < -0.3 is 14.4 Å². The molecule has 0 atom stereocenters. The molecule has 5 nitrogen and oxygen atoms in total. The van der Waals surface area contributed by atoms with E-state index in [1.165, 1.54) is 11.8 Å². The van der Waals surface area contributed by atoms with Crippen molar-refractivity contribution in [3.63, 3.8) is 0 Å². The van der Waals surface area contributed by atoms with Gasteiger partial charge in [-0.25, -0.2) is 0 Å². The van der Waals surface area contributed by atoms with Crippen LogP contribution >= 0.6 is 11.8 Å². The fraction of sp³-hybridized carbons (Fsp3) is 0.294. The Morgan fingerprint density at radius 3 is 2.74 bits per heavy atom. The van der Waals surface area contributed by atoms with Crippen LogP contribution in [0.2, 0.25) is 0 Å². The van der Waals surface area contributed by atoms with Crippen molar-refractivity contribution in [2.24, 2.45) is 4.99 Å². The molecule has 0 unspecified atom stereocenters. The molecule has 2 aliphatic rings. The predicted molar refractivity (Wildman–Crippen MR) is 92.5 cm³/mol. The number of benzene rings is 1. The fourth-order valence-corrected chi connectivity index (χ4v) is 3.22. The zero-order valence-electron chi connectivity index (χ0n) is 12.7. The molecule has 2 heterocycles. The molecule has 0 aromatic heterocycles. The normalized spacial score (nSPS) is 19.8. The van der Waals surface area contributed by atoms with E-state index < -0.39 is 0 Å². The largest absolute Gasteiger partial charge is 0.490 e. The third kappa shape index (κ3) is 4.03. The van der Waals surface area contributed by atoms with E-state index in [0.717, 1.165) is 29.6 Å². The maximum Gasteiger partial charge on any atom is 0.286 e. The van der Waals surface area contributed by atoms with Crippen LogP contribution in [0.15, 0.2) is 46.8 Å². The highest BCUT2D eigenvalue weighted by Gasteiger charge is 2.26. The number of hydrogen-bond donors (Lipinski definition) is 0. The molecule has 0 bridgehead atoms. The summed E-state index contributed by atoms with van der Waals surface area (Å²) >= 11 is 1.43. The number of carbonyl (C=O) groups excluding carboxylic acids is 1. The standard InChI is InChI=1S/C17H18N2O3S/c1-2-9-22-14-5-3-13(4-6-14)12-15-16(20)18-17(23-15)19-7-10-21-11-8-19/h2-6,12H,1,7-11H2/b15-12+. The first kappa shape index (κ1) is 15.8. The quantitative estimate of drug-likeness (QED) is 0.627. The van der Waals surface area contributed by atoms with Crippen LogP contribution in [0.3, 0.4) is 0 Å². The fourth-order valence-electron chi connectivity index (χ4n) is 2.25. The van der Waals surface area contributed by atoms with Gasteiger partial charge in [-0.1, -0.05) is 24.8 Å². The lowest BCUT2D eigenvalue weighted by molar-refractivity contribution is -0.113. The Morgan fingerprint density at radius 1 is 1.30 bits per heavy atom. The van der Waals surface area contributed by atoms with Crippen molar-refractivity contribution in [3.05, 3.63) is 47.4 Å². The van der Waals surface area contributed by atoms with Gasteiger partial charge in [0.25, 0.3) is 5.91 Å². The number of ether oxygens (including phenoxy) is 2. The molecule has 1 aromatic carbocycles. The molecule has 1 aromatic rings. The molecule has 0 N–H and O–H groups in total. The van der Waals surface area contributed by atoms with E-state index in [0.29, 0.717) is 24.7 Å². The predicted octanol–water partition coefficient (Wildman–Crippen LogP) is 2.55. The Morgan fingerprint density at radius 2 is 2.04 bits per heavy atom. The maximum absolute atomic E-state index is 12.1. The molecular weight excluding hydrogens is 312 g/mol. The maximum atomic E-state index is 12.1. The van der Waals surface area contributed by atoms with E-state index in [1.54, 1.807) is 6.08 Å². The molecule has 1 amide bonds. The van der Waals surface area contributed by atoms with Gasteiger partial charge in [-0.3, -0.25) is 4.79 Å². The summed E-state index contributed by atoms with van der Waals surface area (Å²) in [5.41, 5.74) is 0.949. The smallest absolute Gasteiger partial charge is 0.286 e. The average Bonchev–Trinajstić information content (AvgIpc) is 2.96. The Balaban J connectivity index is 1.66. The Bertz CT molecular complexity index is 646. The van der Waals surface area contributed by atoms with E-state index in [4.69, 9.17) is 9.47 Å². The van der Waals surface area contributed by atoms with Gasteiger partial charge in [-0.15, -0.1) is 0 Å². The molecule has 2 aliphatic heterocycles.